The molecule has 2 fully saturated rings. The van der Waals surface area contributed by atoms with Crippen molar-refractivity contribution in [1.82, 2.24) is 0 Å². The SMILES string of the molecule is CC1CCC(CC2(N)CCC2)O1. The van der Waals surface area contributed by atoms with E-state index in [1.54, 1.807) is 0 Å². The minimum absolute atomic E-state index is 0.148. The van der Waals surface area contributed by atoms with Gasteiger partial charge in [-0.25, -0.2) is 0 Å². The minimum Gasteiger partial charge on any atom is -0.375 e. The molecule has 0 amide bonds. The summed E-state index contributed by atoms with van der Waals surface area (Å²) in [6.07, 6.45) is 8.21. The second kappa shape index (κ2) is 3.00. The van der Waals surface area contributed by atoms with Crippen molar-refractivity contribution in [2.45, 2.75) is 63.2 Å². The molecule has 0 radical (unpaired) electrons. The number of hydrogen-bond acceptors (Lipinski definition) is 2. The molecule has 0 bridgehead atoms. The fourth-order valence-corrected chi connectivity index (χ4v) is 2.32. The third-order valence-corrected chi connectivity index (χ3v) is 3.30. The van der Waals surface area contributed by atoms with E-state index in [0.717, 1.165) is 6.42 Å². The maximum atomic E-state index is 6.15. The summed E-state index contributed by atoms with van der Waals surface area (Å²) in [5.41, 5.74) is 6.30. The van der Waals surface area contributed by atoms with Crippen molar-refractivity contribution < 1.29 is 4.74 Å². The van der Waals surface area contributed by atoms with E-state index >= 15 is 0 Å². The Morgan fingerprint density at radius 2 is 2.17 bits per heavy atom. The highest BCUT2D eigenvalue weighted by Gasteiger charge is 2.37. The topological polar surface area (TPSA) is 35.2 Å². The molecular formula is C10H19NO. The Morgan fingerprint density at radius 3 is 2.58 bits per heavy atom. The number of rotatable bonds is 2. The quantitative estimate of drug-likeness (QED) is 0.684. The van der Waals surface area contributed by atoms with Crippen LogP contribution in [0.3, 0.4) is 0 Å². The first-order valence-electron chi connectivity index (χ1n) is 5.12. The second-order valence-electron chi connectivity index (χ2n) is 4.57. The number of hydrogen-bond donors (Lipinski definition) is 1. The van der Waals surface area contributed by atoms with Crippen LogP contribution in [0.4, 0.5) is 0 Å². The van der Waals surface area contributed by atoms with Gasteiger partial charge in [-0.15, -0.1) is 0 Å². The summed E-state index contributed by atoms with van der Waals surface area (Å²) in [7, 11) is 0. The summed E-state index contributed by atoms with van der Waals surface area (Å²) in [6.45, 7) is 2.16. The molecule has 0 aromatic rings. The average Bonchev–Trinajstić information content (AvgIpc) is 2.32. The molecule has 2 N–H and O–H groups in total. The van der Waals surface area contributed by atoms with Crippen molar-refractivity contribution in [3.63, 3.8) is 0 Å². The van der Waals surface area contributed by atoms with Crippen molar-refractivity contribution in [3.05, 3.63) is 0 Å². The molecule has 1 saturated carbocycles. The van der Waals surface area contributed by atoms with E-state index in [4.69, 9.17) is 10.5 Å². The Bertz CT molecular complexity index is 165. The highest BCUT2D eigenvalue weighted by atomic mass is 16.5. The second-order valence-corrected chi connectivity index (χ2v) is 4.57. The molecule has 2 rings (SSSR count). The molecule has 2 aliphatic rings. The van der Waals surface area contributed by atoms with Crippen molar-refractivity contribution in [2.75, 3.05) is 0 Å². The molecule has 2 heteroatoms. The van der Waals surface area contributed by atoms with Gasteiger partial charge in [0.05, 0.1) is 12.2 Å². The average molecular weight is 169 g/mol. The largest absolute Gasteiger partial charge is 0.375 e. The van der Waals surface area contributed by atoms with Crippen LogP contribution in [-0.4, -0.2) is 17.7 Å². The lowest BCUT2D eigenvalue weighted by Crippen LogP contribution is -2.48. The summed E-state index contributed by atoms with van der Waals surface area (Å²) in [6, 6.07) is 0. The van der Waals surface area contributed by atoms with Crippen LogP contribution in [0.1, 0.15) is 45.4 Å². The molecule has 0 aromatic heterocycles. The Balaban J connectivity index is 1.79. The zero-order valence-corrected chi connectivity index (χ0v) is 7.88. The molecule has 2 atom stereocenters. The predicted octanol–water partition coefficient (Wildman–Crippen LogP) is 1.83. The number of nitrogens with two attached hydrogens (primary N) is 1. The van der Waals surface area contributed by atoms with Crippen LogP contribution in [-0.2, 0) is 4.74 Å². The van der Waals surface area contributed by atoms with E-state index in [9.17, 15) is 0 Å². The van der Waals surface area contributed by atoms with E-state index in [-0.39, 0.29) is 5.54 Å². The molecule has 0 aromatic carbocycles. The smallest absolute Gasteiger partial charge is 0.0597 e. The monoisotopic (exact) mass is 169 g/mol. The van der Waals surface area contributed by atoms with Crippen LogP contribution in [0.15, 0.2) is 0 Å². The van der Waals surface area contributed by atoms with Gasteiger partial charge in [0.25, 0.3) is 0 Å². The Morgan fingerprint density at radius 1 is 1.42 bits per heavy atom. The van der Waals surface area contributed by atoms with Gasteiger partial charge in [-0.2, -0.15) is 0 Å². The molecule has 1 aliphatic heterocycles. The molecule has 0 spiro atoms. The molecule has 1 heterocycles. The van der Waals surface area contributed by atoms with Crippen LogP contribution in [0.5, 0.6) is 0 Å². The van der Waals surface area contributed by atoms with Gasteiger partial charge in [0, 0.05) is 5.54 Å². The van der Waals surface area contributed by atoms with Gasteiger partial charge in [-0.1, -0.05) is 0 Å². The summed E-state index contributed by atoms with van der Waals surface area (Å²) in [4.78, 5) is 0. The van der Waals surface area contributed by atoms with Crippen molar-refractivity contribution in [1.29, 1.82) is 0 Å². The summed E-state index contributed by atoms with van der Waals surface area (Å²) >= 11 is 0. The van der Waals surface area contributed by atoms with E-state index in [0.29, 0.717) is 12.2 Å². The fraction of sp³-hybridized carbons (Fsp3) is 1.00. The first-order chi connectivity index (χ1) is 5.68. The van der Waals surface area contributed by atoms with Gasteiger partial charge in [-0.3, -0.25) is 0 Å². The van der Waals surface area contributed by atoms with Gasteiger partial charge < -0.3 is 10.5 Å². The third kappa shape index (κ3) is 1.64. The highest BCUT2D eigenvalue weighted by molar-refractivity contribution is 4.95. The lowest BCUT2D eigenvalue weighted by molar-refractivity contribution is 0.0247. The first-order valence-corrected chi connectivity index (χ1v) is 5.12. The lowest BCUT2D eigenvalue weighted by atomic mass is 9.74. The Labute approximate surface area is 74.5 Å². The normalized spacial score (nSPS) is 39.5. The van der Waals surface area contributed by atoms with Gasteiger partial charge in [0.15, 0.2) is 0 Å². The fourth-order valence-electron chi connectivity index (χ4n) is 2.32. The maximum Gasteiger partial charge on any atom is 0.0597 e. The summed E-state index contributed by atoms with van der Waals surface area (Å²) < 4.78 is 5.75. The van der Waals surface area contributed by atoms with Crippen LogP contribution in [0.2, 0.25) is 0 Å². The van der Waals surface area contributed by atoms with Crippen LogP contribution < -0.4 is 5.73 Å². The maximum absolute atomic E-state index is 6.15. The molecular weight excluding hydrogens is 150 g/mol. The minimum atomic E-state index is 0.148. The predicted molar refractivity (Wildman–Crippen MR) is 49.0 cm³/mol. The highest BCUT2D eigenvalue weighted by Crippen LogP contribution is 2.36. The van der Waals surface area contributed by atoms with Gasteiger partial charge in [-0.05, 0) is 45.4 Å². The van der Waals surface area contributed by atoms with E-state index in [2.05, 4.69) is 6.92 Å². The Hall–Kier alpha value is -0.0800. The van der Waals surface area contributed by atoms with E-state index in [1.165, 1.54) is 32.1 Å². The van der Waals surface area contributed by atoms with Crippen molar-refractivity contribution >= 4 is 0 Å². The van der Waals surface area contributed by atoms with Gasteiger partial charge in [0.1, 0.15) is 0 Å². The van der Waals surface area contributed by atoms with Crippen molar-refractivity contribution in [3.8, 4) is 0 Å². The van der Waals surface area contributed by atoms with Gasteiger partial charge in [0.2, 0.25) is 0 Å². The summed E-state index contributed by atoms with van der Waals surface area (Å²) in [5.74, 6) is 0. The van der Waals surface area contributed by atoms with Gasteiger partial charge >= 0.3 is 0 Å². The van der Waals surface area contributed by atoms with Crippen LogP contribution in [0.25, 0.3) is 0 Å². The molecule has 12 heavy (non-hydrogen) atoms. The zero-order valence-electron chi connectivity index (χ0n) is 7.88. The first kappa shape index (κ1) is 8.52. The molecule has 1 aliphatic carbocycles. The number of ether oxygens (including phenoxy) is 1. The van der Waals surface area contributed by atoms with Crippen LogP contribution >= 0.6 is 0 Å². The van der Waals surface area contributed by atoms with Crippen molar-refractivity contribution in [2.24, 2.45) is 5.73 Å². The van der Waals surface area contributed by atoms with E-state index < -0.39 is 0 Å². The standard InChI is InChI=1S/C10H19NO/c1-8-3-4-9(12-8)7-10(11)5-2-6-10/h8-9H,2-7,11H2,1H3. The van der Waals surface area contributed by atoms with E-state index in [1.807, 2.05) is 0 Å². The molecule has 1 saturated heterocycles. The van der Waals surface area contributed by atoms with Crippen LogP contribution in [0, 0.1) is 0 Å². The lowest BCUT2D eigenvalue weighted by Gasteiger charge is -2.39. The Kier molecular flexibility index (Phi) is 2.13. The molecule has 2 nitrogen and oxygen atoms in total. The summed E-state index contributed by atoms with van der Waals surface area (Å²) in [5, 5.41) is 0. The molecule has 70 valence electrons. The third-order valence-electron chi connectivity index (χ3n) is 3.30. The zero-order chi connectivity index (χ0) is 8.60. The molecule has 2 unspecified atom stereocenters.